The van der Waals surface area contributed by atoms with Crippen molar-refractivity contribution in [1.82, 2.24) is 24.7 Å². The number of aromatic nitrogens is 5. The van der Waals surface area contributed by atoms with E-state index in [4.69, 9.17) is 4.74 Å². The van der Waals surface area contributed by atoms with Gasteiger partial charge in [0.25, 0.3) is 0 Å². The number of hydrogen-bond acceptors (Lipinski definition) is 8. The van der Waals surface area contributed by atoms with Crippen molar-refractivity contribution in [3.8, 4) is 5.82 Å². The van der Waals surface area contributed by atoms with Crippen LogP contribution in [0.4, 0.5) is 11.5 Å². The molecular formula is C20H21N7O3. The molecule has 1 N–H and O–H groups in total. The first-order valence-electron chi connectivity index (χ1n) is 9.56. The number of piperidine rings is 1. The topological polar surface area (TPSA) is 115 Å². The lowest BCUT2D eigenvalue weighted by Gasteiger charge is -2.32. The van der Waals surface area contributed by atoms with Gasteiger partial charge < -0.3 is 15.0 Å². The molecule has 30 heavy (non-hydrogen) atoms. The Labute approximate surface area is 172 Å². The fraction of sp³-hybridized carbons (Fsp3) is 0.300. The number of carbonyl (C=O) groups is 2. The number of anilines is 2. The summed E-state index contributed by atoms with van der Waals surface area (Å²) in [6.07, 6.45) is 5.87. The van der Waals surface area contributed by atoms with Gasteiger partial charge in [0.05, 0.1) is 18.4 Å². The molecule has 4 rings (SSSR count). The van der Waals surface area contributed by atoms with Crippen LogP contribution in [0.1, 0.15) is 23.2 Å². The standard InChI is InChI=1S/C20H21N7O3/c1-30-20(29)15-4-2-3-5-16(15)25-19(28)14-6-8-26(9-7-14)17-10-18(23-12-22-17)27-13-21-11-24-27/h2-5,10-14H,6-9H2,1H3,(H,25,28). The second kappa shape index (κ2) is 8.68. The molecule has 10 heteroatoms. The number of amides is 1. The minimum absolute atomic E-state index is 0.100. The Bertz CT molecular complexity index is 1030. The Morgan fingerprint density at radius 2 is 1.87 bits per heavy atom. The van der Waals surface area contributed by atoms with Gasteiger partial charge in [0, 0.05) is 25.1 Å². The van der Waals surface area contributed by atoms with Crippen molar-refractivity contribution in [2.75, 3.05) is 30.4 Å². The summed E-state index contributed by atoms with van der Waals surface area (Å²) < 4.78 is 6.36. The van der Waals surface area contributed by atoms with Crippen LogP contribution in [0.25, 0.3) is 5.82 Å². The number of nitrogens with zero attached hydrogens (tertiary/aromatic N) is 6. The number of rotatable bonds is 5. The highest BCUT2D eigenvalue weighted by Crippen LogP contribution is 2.25. The molecule has 154 valence electrons. The third-order valence-corrected chi connectivity index (χ3v) is 5.07. The molecule has 0 atom stereocenters. The van der Waals surface area contributed by atoms with Crippen LogP contribution in [0.3, 0.4) is 0 Å². The molecule has 0 aliphatic carbocycles. The van der Waals surface area contributed by atoms with Crippen molar-refractivity contribution >= 4 is 23.4 Å². The Kier molecular flexibility index (Phi) is 5.64. The summed E-state index contributed by atoms with van der Waals surface area (Å²) in [5.74, 6) is 0.690. The van der Waals surface area contributed by atoms with E-state index in [1.807, 2.05) is 6.07 Å². The molecular weight excluding hydrogens is 386 g/mol. The van der Waals surface area contributed by atoms with Crippen molar-refractivity contribution in [2.45, 2.75) is 12.8 Å². The number of hydrogen-bond donors (Lipinski definition) is 1. The van der Waals surface area contributed by atoms with Gasteiger partial charge in [0.15, 0.2) is 5.82 Å². The van der Waals surface area contributed by atoms with Crippen LogP contribution in [0.2, 0.25) is 0 Å². The van der Waals surface area contributed by atoms with Gasteiger partial charge in [0.2, 0.25) is 5.91 Å². The maximum Gasteiger partial charge on any atom is 0.339 e. The molecule has 1 saturated heterocycles. The number of esters is 1. The number of methoxy groups -OCH3 is 1. The second-order valence-corrected chi connectivity index (χ2v) is 6.86. The summed E-state index contributed by atoms with van der Waals surface area (Å²) in [5, 5.41) is 6.96. The zero-order valence-electron chi connectivity index (χ0n) is 16.4. The lowest BCUT2D eigenvalue weighted by atomic mass is 9.95. The highest BCUT2D eigenvalue weighted by atomic mass is 16.5. The normalized spacial score (nSPS) is 14.4. The van der Waals surface area contributed by atoms with Crippen molar-refractivity contribution in [2.24, 2.45) is 5.92 Å². The van der Waals surface area contributed by atoms with Crippen LogP contribution in [0.15, 0.2) is 49.3 Å². The summed E-state index contributed by atoms with van der Waals surface area (Å²) >= 11 is 0. The average molecular weight is 407 g/mol. The molecule has 10 nitrogen and oxygen atoms in total. The smallest absolute Gasteiger partial charge is 0.339 e. The number of benzene rings is 1. The van der Waals surface area contributed by atoms with Gasteiger partial charge in [0.1, 0.15) is 24.8 Å². The fourth-order valence-electron chi connectivity index (χ4n) is 3.45. The van der Waals surface area contributed by atoms with Crippen LogP contribution in [-0.4, -0.2) is 56.8 Å². The van der Waals surface area contributed by atoms with Gasteiger partial charge in [-0.15, -0.1) is 0 Å². The zero-order valence-corrected chi connectivity index (χ0v) is 16.4. The van der Waals surface area contributed by atoms with Crippen molar-refractivity contribution in [3.63, 3.8) is 0 Å². The van der Waals surface area contributed by atoms with E-state index in [1.165, 1.54) is 19.8 Å². The predicted octanol–water partition coefficient (Wildman–Crippen LogP) is 1.70. The van der Waals surface area contributed by atoms with E-state index in [0.717, 1.165) is 5.82 Å². The molecule has 2 aromatic heterocycles. The van der Waals surface area contributed by atoms with Gasteiger partial charge >= 0.3 is 5.97 Å². The minimum atomic E-state index is -0.479. The number of carbonyl (C=O) groups excluding carboxylic acids is 2. The molecule has 1 aliphatic heterocycles. The molecule has 0 radical (unpaired) electrons. The van der Waals surface area contributed by atoms with Crippen LogP contribution in [0, 0.1) is 5.92 Å². The van der Waals surface area contributed by atoms with Crippen LogP contribution in [-0.2, 0) is 9.53 Å². The van der Waals surface area contributed by atoms with Gasteiger partial charge in [-0.3, -0.25) is 4.79 Å². The molecule has 0 spiro atoms. The van der Waals surface area contributed by atoms with Crippen LogP contribution < -0.4 is 10.2 Å². The van der Waals surface area contributed by atoms with Crippen molar-refractivity contribution in [1.29, 1.82) is 0 Å². The summed E-state index contributed by atoms with van der Waals surface area (Å²) in [6.45, 7) is 1.37. The van der Waals surface area contributed by atoms with E-state index in [-0.39, 0.29) is 11.8 Å². The molecule has 0 saturated carbocycles. The molecule has 1 amide bonds. The first-order valence-corrected chi connectivity index (χ1v) is 9.56. The first-order chi connectivity index (χ1) is 14.7. The molecule has 3 heterocycles. The molecule has 3 aromatic rings. The molecule has 0 unspecified atom stereocenters. The maximum absolute atomic E-state index is 12.8. The summed E-state index contributed by atoms with van der Waals surface area (Å²) in [7, 11) is 1.32. The van der Waals surface area contributed by atoms with E-state index in [2.05, 4.69) is 30.3 Å². The third-order valence-electron chi connectivity index (χ3n) is 5.07. The molecule has 1 aromatic carbocycles. The summed E-state index contributed by atoms with van der Waals surface area (Å²) in [5.41, 5.74) is 0.803. The monoisotopic (exact) mass is 407 g/mol. The predicted molar refractivity (Wildman–Crippen MR) is 108 cm³/mol. The van der Waals surface area contributed by atoms with E-state index in [1.54, 1.807) is 35.3 Å². The summed E-state index contributed by atoms with van der Waals surface area (Å²) in [4.78, 5) is 39.3. The van der Waals surface area contributed by atoms with E-state index in [0.29, 0.717) is 43.0 Å². The lowest BCUT2D eigenvalue weighted by Crippen LogP contribution is -2.38. The SMILES string of the molecule is COC(=O)c1ccccc1NC(=O)C1CCN(c2cc(-n3cncn3)ncn2)CC1. The average Bonchev–Trinajstić information content (AvgIpc) is 3.34. The Morgan fingerprint density at radius 1 is 1.10 bits per heavy atom. The molecule has 1 aliphatic rings. The van der Waals surface area contributed by atoms with Crippen LogP contribution in [0.5, 0.6) is 0 Å². The van der Waals surface area contributed by atoms with Gasteiger partial charge in [-0.1, -0.05) is 12.1 Å². The summed E-state index contributed by atoms with van der Waals surface area (Å²) in [6, 6.07) is 8.68. The third kappa shape index (κ3) is 4.12. The Hall–Kier alpha value is -3.82. The van der Waals surface area contributed by atoms with Crippen molar-refractivity contribution < 1.29 is 14.3 Å². The number of ether oxygens (including phenoxy) is 1. The Morgan fingerprint density at radius 3 is 2.60 bits per heavy atom. The second-order valence-electron chi connectivity index (χ2n) is 6.86. The number of para-hydroxylation sites is 1. The lowest BCUT2D eigenvalue weighted by molar-refractivity contribution is -0.120. The van der Waals surface area contributed by atoms with Crippen LogP contribution >= 0.6 is 0 Å². The Balaban J connectivity index is 1.39. The maximum atomic E-state index is 12.8. The van der Waals surface area contributed by atoms with Gasteiger partial charge in [-0.2, -0.15) is 5.10 Å². The molecule has 0 bridgehead atoms. The van der Waals surface area contributed by atoms with Gasteiger partial charge in [-0.25, -0.2) is 24.4 Å². The first kappa shape index (κ1) is 19.5. The minimum Gasteiger partial charge on any atom is -0.465 e. The molecule has 1 fully saturated rings. The van der Waals surface area contributed by atoms with E-state index < -0.39 is 5.97 Å². The zero-order chi connectivity index (χ0) is 20.9. The van der Waals surface area contributed by atoms with Crippen molar-refractivity contribution in [3.05, 3.63) is 54.9 Å². The quantitative estimate of drug-likeness (QED) is 0.636. The largest absolute Gasteiger partial charge is 0.465 e. The highest BCUT2D eigenvalue weighted by molar-refractivity contribution is 6.01. The van der Waals surface area contributed by atoms with Gasteiger partial charge in [-0.05, 0) is 25.0 Å². The fourth-order valence-corrected chi connectivity index (χ4v) is 3.45. The van der Waals surface area contributed by atoms with E-state index in [9.17, 15) is 9.59 Å². The van der Waals surface area contributed by atoms with E-state index >= 15 is 0 Å². The highest BCUT2D eigenvalue weighted by Gasteiger charge is 2.27. The number of nitrogens with one attached hydrogen (secondary N) is 1.